The summed E-state index contributed by atoms with van der Waals surface area (Å²) in [6.07, 6.45) is 0. The molecular weight excluding hydrogens is 710 g/mol. The molecule has 0 saturated carbocycles. The lowest BCUT2D eigenvalue weighted by Gasteiger charge is -2.25. The molecule has 0 aromatic heterocycles. The monoisotopic (exact) mass is 727 g/mol. The van der Waals surface area contributed by atoms with E-state index in [2.05, 4.69) is 58.4 Å². The Bertz CT molecular complexity index is 1660. The van der Waals surface area contributed by atoms with E-state index in [1.165, 1.54) is 12.1 Å². The Balaban J connectivity index is 1.96. The SMILES string of the molecule is Cc1cc(C)c(Nc2cc(S(=O)(=O)O)c(N)c3c2C(=O)c2ccccc2C3=O)c(Br)c1NC(=O)C(Br)CBr. The fourth-order valence-corrected chi connectivity index (χ4v) is 6.14. The van der Waals surface area contributed by atoms with Gasteiger partial charge in [0.15, 0.2) is 11.6 Å². The Kier molecular flexibility index (Phi) is 7.88. The molecule has 0 bridgehead atoms. The standard InChI is InChI=1S/C25H20Br3N3O6S/c1-10-7-11(2)22(31-25(34)14(27)9-26)19(28)21(10)30-15-8-16(38(35,36)37)20(29)18-17(15)23(32)12-5-3-4-6-13(12)24(18)33/h3-8,14,30H,9,29H2,1-2H3,(H,31,34)(H,35,36,37). The zero-order valence-electron chi connectivity index (χ0n) is 19.9. The lowest BCUT2D eigenvalue weighted by molar-refractivity contribution is -0.115. The topological polar surface area (TPSA) is 156 Å². The number of nitrogens with two attached hydrogens (primary N) is 1. The molecule has 1 aliphatic rings. The van der Waals surface area contributed by atoms with Crippen LogP contribution in [0.15, 0.2) is 45.8 Å². The molecule has 13 heteroatoms. The van der Waals surface area contributed by atoms with E-state index in [0.717, 1.165) is 11.6 Å². The number of carbonyl (C=O) groups excluding carboxylic acids is 3. The summed E-state index contributed by atoms with van der Waals surface area (Å²) in [5.74, 6) is -1.50. The third-order valence-electron chi connectivity index (χ3n) is 6.07. The lowest BCUT2D eigenvalue weighted by Crippen LogP contribution is -2.25. The van der Waals surface area contributed by atoms with Crippen molar-refractivity contribution in [3.05, 3.63) is 74.3 Å². The zero-order chi connectivity index (χ0) is 28.1. The van der Waals surface area contributed by atoms with Crippen LogP contribution in [0.2, 0.25) is 0 Å². The maximum Gasteiger partial charge on any atom is 0.296 e. The predicted molar refractivity (Wildman–Crippen MR) is 156 cm³/mol. The summed E-state index contributed by atoms with van der Waals surface area (Å²) in [5.41, 5.74) is 7.49. The van der Waals surface area contributed by atoms with Gasteiger partial charge >= 0.3 is 0 Å². The smallest absolute Gasteiger partial charge is 0.296 e. The van der Waals surface area contributed by atoms with Crippen molar-refractivity contribution in [2.45, 2.75) is 23.6 Å². The summed E-state index contributed by atoms with van der Waals surface area (Å²) in [5, 5.41) is 6.26. The van der Waals surface area contributed by atoms with Crippen molar-refractivity contribution in [1.82, 2.24) is 0 Å². The maximum atomic E-state index is 13.6. The van der Waals surface area contributed by atoms with Gasteiger partial charge in [-0.2, -0.15) is 8.42 Å². The molecule has 0 spiro atoms. The van der Waals surface area contributed by atoms with Gasteiger partial charge in [0.25, 0.3) is 10.1 Å². The molecule has 198 valence electrons. The fraction of sp³-hybridized carbons (Fsp3) is 0.160. The van der Waals surface area contributed by atoms with Crippen molar-refractivity contribution < 1.29 is 27.4 Å². The molecule has 38 heavy (non-hydrogen) atoms. The van der Waals surface area contributed by atoms with Crippen molar-refractivity contribution >= 4 is 98.1 Å². The number of nitrogens with one attached hydrogen (secondary N) is 2. The van der Waals surface area contributed by atoms with E-state index in [1.54, 1.807) is 32.0 Å². The van der Waals surface area contributed by atoms with Crippen LogP contribution in [0.1, 0.15) is 43.0 Å². The second-order valence-electron chi connectivity index (χ2n) is 8.58. The first-order valence-corrected chi connectivity index (χ1v) is 15.2. The number of fused-ring (bicyclic) bond motifs is 2. The second kappa shape index (κ2) is 10.5. The highest BCUT2D eigenvalue weighted by atomic mass is 79.9. The second-order valence-corrected chi connectivity index (χ2v) is 12.5. The van der Waals surface area contributed by atoms with Gasteiger partial charge < -0.3 is 16.4 Å². The normalized spacial score (nSPS) is 13.5. The van der Waals surface area contributed by atoms with E-state index < -0.39 is 37.1 Å². The van der Waals surface area contributed by atoms with Crippen LogP contribution in [0.4, 0.5) is 22.7 Å². The largest absolute Gasteiger partial charge is 0.397 e. The number of amides is 1. The maximum absolute atomic E-state index is 13.6. The van der Waals surface area contributed by atoms with Gasteiger partial charge in [-0.3, -0.25) is 18.9 Å². The molecule has 0 heterocycles. The van der Waals surface area contributed by atoms with E-state index in [9.17, 15) is 27.4 Å². The van der Waals surface area contributed by atoms with Crippen LogP contribution in [0.3, 0.4) is 0 Å². The fourth-order valence-electron chi connectivity index (χ4n) is 4.26. The summed E-state index contributed by atoms with van der Waals surface area (Å²) in [7, 11) is -4.87. The van der Waals surface area contributed by atoms with Crippen LogP contribution in [-0.2, 0) is 14.9 Å². The first-order valence-electron chi connectivity index (χ1n) is 11.0. The molecule has 1 atom stereocenters. The van der Waals surface area contributed by atoms with Crippen LogP contribution in [0, 0.1) is 13.8 Å². The summed E-state index contributed by atoms with van der Waals surface area (Å²) in [6, 6.07) is 8.94. The van der Waals surface area contributed by atoms with Gasteiger partial charge in [0.05, 0.1) is 38.3 Å². The van der Waals surface area contributed by atoms with Crippen molar-refractivity contribution in [3.8, 4) is 0 Å². The minimum absolute atomic E-state index is 0.0570. The molecule has 1 aliphatic carbocycles. The highest BCUT2D eigenvalue weighted by molar-refractivity contribution is 9.12. The Morgan fingerprint density at radius 1 is 1.03 bits per heavy atom. The van der Waals surface area contributed by atoms with Gasteiger partial charge in [-0.25, -0.2) is 0 Å². The van der Waals surface area contributed by atoms with Crippen LogP contribution >= 0.6 is 47.8 Å². The highest BCUT2D eigenvalue weighted by Crippen LogP contribution is 2.43. The molecular formula is C25H20Br3N3O6S. The van der Waals surface area contributed by atoms with Gasteiger partial charge in [0.2, 0.25) is 5.91 Å². The van der Waals surface area contributed by atoms with Gasteiger partial charge in [-0.1, -0.05) is 62.2 Å². The molecule has 0 fully saturated rings. The Labute approximate surface area is 243 Å². The first kappa shape index (κ1) is 28.4. The summed E-state index contributed by atoms with van der Waals surface area (Å²) < 4.78 is 34.7. The Morgan fingerprint density at radius 2 is 1.58 bits per heavy atom. The molecule has 0 saturated heterocycles. The van der Waals surface area contributed by atoms with Crippen LogP contribution < -0.4 is 16.4 Å². The van der Waals surface area contributed by atoms with Crippen molar-refractivity contribution in [3.63, 3.8) is 0 Å². The van der Waals surface area contributed by atoms with E-state index in [0.29, 0.717) is 26.7 Å². The molecule has 3 aromatic carbocycles. The van der Waals surface area contributed by atoms with Crippen molar-refractivity contribution in [1.29, 1.82) is 0 Å². The number of ketones is 2. The molecule has 9 nitrogen and oxygen atoms in total. The van der Waals surface area contributed by atoms with Gasteiger partial charge in [-0.05, 0) is 47.0 Å². The van der Waals surface area contributed by atoms with Crippen LogP contribution in [-0.4, -0.2) is 40.6 Å². The molecule has 4 rings (SSSR count). The lowest BCUT2D eigenvalue weighted by atomic mass is 9.82. The molecule has 3 aromatic rings. The number of benzene rings is 3. The Morgan fingerprint density at radius 3 is 2.13 bits per heavy atom. The summed E-state index contributed by atoms with van der Waals surface area (Å²) >= 11 is 10.0. The van der Waals surface area contributed by atoms with Gasteiger partial charge in [0.1, 0.15) is 9.72 Å². The number of carbonyl (C=O) groups is 3. The minimum atomic E-state index is -4.87. The van der Waals surface area contributed by atoms with Crippen molar-refractivity contribution in [2.75, 3.05) is 21.7 Å². The number of nitrogen functional groups attached to an aromatic ring is 1. The molecule has 1 unspecified atom stereocenters. The average molecular weight is 730 g/mol. The highest BCUT2D eigenvalue weighted by Gasteiger charge is 2.36. The van der Waals surface area contributed by atoms with E-state index in [4.69, 9.17) is 5.73 Å². The minimum Gasteiger partial charge on any atom is -0.397 e. The van der Waals surface area contributed by atoms with Crippen molar-refractivity contribution in [2.24, 2.45) is 0 Å². The number of halogens is 3. The number of aryl methyl sites for hydroxylation is 2. The van der Waals surface area contributed by atoms with Crippen LogP contribution in [0.25, 0.3) is 0 Å². The van der Waals surface area contributed by atoms with Gasteiger partial charge in [-0.15, -0.1) is 0 Å². The zero-order valence-corrected chi connectivity index (χ0v) is 25.4. The van der Waals surface area contributed by atoms with E-state index in [1.807, 2.05) is 0 Å². The average Bonchev–Trinajstić information content (AvgIpc) is 2.86. The van der Waals surface area contributed by atoms with E-state index >= 15 is 0 Å². The predicted octanol–water partition coefficient (Wildman–Crippen LogP) is 5.51. The molecule has 1 amide bonds. The Hall–Kier alpha value is -2.58. The van der Waals surface area contributed by atoms with E-state index in [-0.39, 0.29) is 33.8 Å². The summed E-state index contributed by atoms with van der Waals surface area (Å²) in [4.78, 5) is 38.3. The van der Waals surface area contributed by atoms with Crippen LogP contribution in [0.5, 0.6) is 0 Å². The molecule has 0 aliphatic heterocycles. The number of anilines is 4. The van der Waals surface area contributed by atoms with Gasteiger partial charge in [0, 0.05) is 16.5 Å². The molecule has 0 radical (unpaired) electrons. The summed E-state index contributed by atoms with van der Waals surface area (Å²) in [6.45, 7) is 3.57. The quantitative estimate of drug-likeness (QED) is 0.115. The third kappa shape index (κ3) is 4.93. The first-order chi connectivity index (χ1) is 17.8. The number of alkyl halides is 2. The number of hydrogen-bond donors (Lipinski definition) is 4. The molecule has 5 N–H and O–H groups in total. The third-order valence-corrected chi connectivity index (χ3v) is 10.0. The number of rotatable bonds is 6. The number of hydrogen-bond acceptors (Lipinski definition) is 7.